The number of ether oxygens (including phenoxy) is 1. The molecule has 0 saturated carbocycles. The molecule has 146 valence electrons. The minimum Gasteiger partial charge on any atom is -0.439 e. The summed E-state index contributed by atoms with van der Waals surface area (Å²) < 4.78 is 23.6. The number of amides is 1. The quantitative estimate of drug-likeness (QED) is 0.642. The zero-order chi connectivity index (χ0) is 20.1. The van der Waals surface area contributed by atoms with Crippen LogP contribution < -0.4 is 15.8 Å². The van der Waals surface area contributed by atoms with Gasteiger partial charge in [0, 0.05) is 17.8 Å². The molecule has 3 rings (SSSR count). The van der Waals surface area contributed by atoms with Crippen LogP contribution in [-0.2, 0) is 11.3 Å². The number of hydrogen-bond donors (Lipinski definition) is 2. The summed E-state index contributed by atoms with van der Waals surface area (Å²) >= 11 is 0. The van der Waals surface area contributed by atoms with Crippen molar-refractivity contribution in [3.8, 4) is 23.0 Å². The Morgan fingerprint density at radius 3 is 2.64 bits per heavy atom. The molecule has 0 radical (unpaired) electrons. The highest BCUT2D eigenvalue weighted by atomic mass is 19.1. The van der Waals surface area contributed by atoms with Gasteiger partial charge in [-0.05, 0) is 36.2 Å². The van der Waals surface area contributed by atoms with Crippen molar-refractivity contribution in [3.63, 3.8) is 0 Å². The lowest BCUT2D eigenvalue weighted by Gasteiger charge is -2.14. The number of hydrogen-bond acceptors (Lipinski definition) is 7. The summed E-state index contributed by atoms with van der Waals surface area (Å²) in [6.07, 6.45) is 1.53. The molecule has 1 amide bonds. The van der Waals surface area contributed by atoms with E-state index in [1.165, 1.54) is 30.5 Å². The van der Waals surface area contributed by atoms with Crippen molar-refractivity contribution in [1.82, 2.24) is 20.4 Å². The zero-order valence-electron chi connectivity index (χ0n) is 15.4. The summed E-state index contributed by atoms with van der Waals surface area (Å²) in [5.41, 5.74) is 6.40. The van der Waals surface area contributed by atoms with Crippen LogP contribution in [0.1, 0.15) is 19.7 Å². The van der Waals surface area contributed by atoms with Gasteiger partial charge in [0.2, 0.25) is 23.5 Å². The summed E-state index contributed by atoms with van der Waals surface area (Å²) in [5.74, 6) is 0.807. The molecule has 0 bridgehead atoms. The Morgan fingerprint density at radius 1 is 1.25 bits per heavy atom. The molecule has 0 aliphatic carbocycles. The number of carbonyl (C=O) groups excluding carboxylic acids is 1. The van der Waals surface area contributed by atoms with E-state index in [0.717, 1.165) is 0 Å². The lowest BCUT2D eigenvalue weighted by molar-refractivity contribution is -0.123. The van der Waals surface area contributed by atoms with Crippen molar-refractivity contribution in [3.05, 3.63) is 54.3 Å². The highest BCUT2D eigenvalue weighted by Gasteiger charge is 2.18. The summed E-state index contributed by atoms with van der Waals surface area (Å²) in [4.78, 5) is 20.3. The SMILES string of the molecule is CC(C)[C@H](N)C(=O)NCc1nc(-c2ccc(Oc3ccc(F)cc3)nc2)no1. The smallest absolute Gasteiger partial charge is 0.246 e. The van der Waals surface area contributed by atoms with Gasteiger partial charge in [-0.2, -0.15) is 4.98 Å². The van der Waals surface area contributed by atoms with Crippen LogP contribution >= 0.6 is 0 Å². The van der Waals surface area contributed by atoms with Crippen molar-refractivity contribution in [2.24, 2.45) is 11.7 Å². The molecule has 1 atom stereocenters. The number of benzene rings is 1. The fraction of sp³-hybridized carbons (Fsp3) is 0.263. The van der Waals surface area contributed by atoms with E-state index >= 15 is 0 Å². The van der Waals surface area contributed by atoms with Crippen molar-refractivity contribution in [2.75, 3.05) is 0 Å². The number of rotatable bonds is 7. The number of pyridine rings is 1. The van der Waals surface area contributed by atoms with Crippen LogP contribution in [0, 0.1) is 11.7 Å². The maximum Gasteiger partial charge on any atom is 0.246 e. The van der Waals surface area contributed by atoms with Crippen LogP contribution in [0.2, 0.25) is 0 Å². The Labute approximate surface area is 160 Å². The number of nitrogens with zero attached hydrogens (tertiary/aromatic N) is 3. The van der Waals surface area contributed by atoms with E-state index in [1.807, 2.05) is 13.8 Å². The second-order valence-corrected chi connectivity index (χ2v) is 6.44. The van der Waals surface area contributed by atoms with Crippen LogP contribution in [-0.4, -0.2) is 27.1 Å². The molecular weight excluding hydrogens is 365 g/mol. The molecule has 0 saturated heterocycles. The molecule has 2 aromatic heterocycles. The standard InChI is InChI=1S/C19H20FN5O3/c1-11(2)17(21)19(26)23-10-16-24-18(25-28-16)12-3-8-15(22-9-12)27-14-6-4-13(20)5-7-14/h3-9,11,17H,10,21H2,1-2H3,(H,23,26)/t17-/m0/s1. The van der Waals surface area contributed by atoms with Gasteiger partial charge < -0.3 is 20.3 Å². The van der Waals surface area contributed by atoms with Gasteiger partial charge in [-0.25, -0.2) is 9.37 Å². The molecule has 3 aromatic rings. The third kappa shape index (κ3) is 4.89. The Hall–Kier alpha value is -3.33. The minimum atomic E-state index is -0.597. The number of nitrogens with two attached hydrogens (primary N) is 1. The number of halogens is 1. The van der Waals surface area contributed by atoms with Crippen molar-refractivity contribution < 1.29 is 18.4 Å². The van der Waals surface area contributed by atoms with Crippen LogP contribution in [0.15, 0.2) is 47.1 Å². The molecule has 28 heavy (non-hydrogen) atoms. The molecular formula is C19H20FN5O3. The van der Waals surface area contributed by atoms with E-state index in [2.05, 4.69) is 20.4 Å². The minimum absolute atomic E-state index is 0.0277. The highest BCUT2D eigenvalue weighted by Crippen LogP contribution is 2.22. The normalized spacial score (nSPS) is 12.0. The predicted molar refractivity (Wildman–Crippen MR) is 98.7 cm³/mol. The largest absolute Gasteiger partial charge is 0.439 e. The molecule has 1 aromatic carbocycles. The first kappa shape index (κ1) is 19.4. The van der Waals surface area contributed by atoms with Gasteiger partial charge in [0.25, 0.3) is 0 Å². The summed E-state index contributed by atoms with van der Waals surface area (Å²) in [5, 5.41) is 6.54. The lowest BCUT2D eigenvalue weighted by Crippen LogP contribution is -2.43. The van der Waals surface area contributed by atoms with Crippen LogP contribution in [0.25, 0.3) is 11.4 Å². The summed E-state index contributed by atoms with van der Waals surface area (Å²) in [6, 6.07) is 8.38. The molecule has 2 heterocycles. The van der Waals surface area contributed by atoms with E-state index in [-0.39, 0.29) is 30.1 Å². The molecule has 3 N–H and O–H groups in total. The van der Waals surface area contributed by atoms with E-state index in [4.69, 9.17) is 15.0 Å². The predicted octanol–water partition coefficient (Wildman–Crippen LogP) is 2.66. The van der Waals surface area contributed by atoms with Crippen LogP contribution in [0.5, 0.6) is 11.6 Å². The average Bonchev–Trinajstić information content (AvgIpc) is 3.17. The molecule has 9 heteroatoms. The first-order valence-electron chi connectivity index (χ1n) is 8.68. The Bertz CT molecular complexity index is 926. The first-order valence-corrected chi connectivity index (χ1v) is 8.68. The maximum atomic E-state index is 12.9. The van der Waals surface area contributed by atoms with Crippen molar-refractivity contribution >= 4 is 5.91 Å². The van der Waals surface area contributed by atoms with E-state index in [0.29, 0.717) is 23.0 Å². The van der Waals surface area contributed by atoms with E-state index < -0.39 is 6.04 Å². The number of aromatic nitrogens is 3. The molecule has 0 unspecified atom stereocenters. The van der Waals surface area contributed by atoms with Gasteiger partial charge in [-0.3, -0.25) is 4.79 Å². The highest BCUT2D eigenvalue weighted by molar-refractivity contribution is 5.81. The van der Waals surface area contributed by atoms with E-state index in [1.54, 1.807) is 12.1 Å². The monoisotopic (exact) mass is 385 g/mol. The third-order valence-corrected chi connectivity index (χ3v) is 3.93. The molecule has 0 fully saturated rings. The Morgan fingerprint density at radius 2 is 2.00 bits per heavy atom. The van der Waals surface area contributed by atoms with Gasteiger partial charge in [0.1, 0.15) is 11.6 Å². The summed E-state index contributed by atoms with van der Waals surface area (Å²) in [7, 11) is 0. The number of carbonyl (C=O) groups is 1. The lowest BCUT2D eigenvalue weighted by atomic mass is 10.1. The topological polar surface area (TPSA) is 116 Å². The van der Waals surface area contributed by atoms with E-state index in [9.17, 15) is 9.18 Å². The third-order valence-electron chi connectivity index (χ3n) is 3.93. The van der Waals surface area contributed by atoms with Crippen LogP contribution in [0.4, 0.5) is 4.39 Å². The van der Waals surface area contributed by atoms with Gasteiger partial charge in [-0.1, -0.05) is 19.0 Å². The molecule has 0 aliphatic rings. The van der Waals surface area contributed by atoms with Crippen molar-refractivity contribution in [2.45, 2.75) is 26.4 Å². The second kappa shape index (κ2) is 8.57. The van der Waals surface area contributed by atoms with Gasteiger partial charge in [-0.15, -0.1) is 0 Å². The Balaban J connectivity index is 1.60. The van der Waals surface area contributed by atoms with Crippen molar-refractivity contribution in [1.29, 1.82) is 0 Å². The van der Waals surface area contributed by atoms with Gasteiger partial charge in [0.05, 0.1) is 12.6 Å². The fourth-order valence-corrected chi connectivity index (χ4v) is 2.22. The molecule has 0 spiro atoms. The average molecular weight is 385 g/mol. The fourth-order valence-electron chi connectivity index (χ4n) is 2.22. The summed E-state index contributed by atoms with van der Waals surface area (Å²) in [6.45, 7) is 3.82. The Kier molecular flexibility index (Phi) is 5.95. The van der Waals surface area contributed by atoms with Gasteiger partial charge >= 0.3 is 0 Å². The molecule has 0 aliphatic heterocycles. The maximum absolute atomic E-state index is 12.9. The number of nitrogens with one attached hydrogen (secondary N) is 1. The second-order valence-electron chi connectivity index (χ2n) is 6.44. The first-order chi connectivity index (χ1) is 13.4. The van der Waals surface area contributed by atoms with Crippen LogP contribution in [0.3, 0.4) is 0 Å². The zero-order valence-corrected chi connectivity index (χ0v) is 15.4. The molecule has 8 nitrogen and oxygen atoms in total. The van der Waals surface area contributed by atoms with Gasteiger partial charge in [0.15, 0.2) is 0 Å².